The average Bonchev–Trinajstić information content (AvgIpc) is 2.47. The number of benzene rings is 1. The van der Waals surface area contributed by atoms with Crippen LogP contribution in [-0.4, -0.2) is 27.3 Å². The molecule has 0 radical (unpaired) electrons. The molecule has 106 valence electrons. The SMILES string of the molecule is COc1cc(CF)cc(CC2CCCNC2)c1OC. The van der Waals surface area contributed by atoms with Crippen LogP contribution in [0.3, 0.4) is 0 Å². The van der Waals surface area contributed by atoms with Crippen LogP contribution in [0.5, 0.6) is 11.5 Å². The Morgan fingerprint density at radius 2 is 2.16 bits per heavy atom. The van der Waals surface area contributed by atoms with Crippen molar-refractivity contribution in [1.82, 2.24) is 5.32 Å². The molecule has 1 unspecified atom stereocenters. The topological polar surface area (TPSA) is 30.5 Å². The van der Waals surface area contributed by atoms with E-state index < -0.39 is 6.67 Å². The first kappa shape index (κ1) is 14.1. The van der Waals surface area contributed by atoms with Gasteiger partial charge in [0.25, 0.3) is 0 Å². The lowest BCUT2D eigenvalue weighted by Crippen LogP contribution is -2.30. The molecular weight excluding hydrogens is 245 g/mol. The van der Waals surface area contributed by atoms with Gasteiger partial charge in [0.2, 0.25) is 0 Å². The Morgan fingerprint density at radius 1 is 1.32 bits per heavy atom. The molecule has 0 amide bonds. The summed E-state index contributed by atoms with van der Waals surface area (Å²) in [4.78, 5) is 0. The van der Waals surface area contributed by atoms with E-state index >= 15 is 0 Å². The highest BCUT2D eigenvalue weighted by Gasteiger charge is 2.18. The third kappa shape index (κ3) is 3.38. The van der Waals surface area contributed by atoms with Crippen LogP contribution in [-0.2, 0) is 13.1 Å². The van der Waals surface area contributed by atoms with Gasteiger partial charge in [0.05, 0.1) is 14.2 Å². The van der Waals surface area contributed by atoms with Gasteiger partial charge in [0.1, 0.15) is 6.67 Å². The van der Waals surface area contributed by atoms with Crippen molar-refractivity contribution < 1.29 is 13.9 Å². The van der Waals surface area contributed by atoms with Crippen LogP contribution < -0.4 is 14.8 Å². The van der Waals surface area contributed by atoms with Gasteiger partial charge in [-0.3, -0.25) is 0 Å². The molecule has 1 saturated heterocycles. The first-order valence-electron chi connectivity index (χ1n) is 6.79. The molecule has 1 aliphatic heterocycles. The van der Waals surface area contributed by atoms with Gasteiger partial charge >= 0.3 is 0 Å². The Kier molecular flexibility index (Phi) is 5.02. The van der Waals surface area contributed by atoms with Crippen molar-refractivity contribution in [3.63, 3.8) is 0 Å². The maximum Gasteiger partial charge on any atom is 0.163 e. The highest BCUT2D eigenvalue weighted by molar-refractivity contribution is 5.49. The summed E-state index contributed by atoms with van der Waals surface area (Å²) in [6.07, 6.45) is 3.31. The molecule has 0 saturated carbocycles. The number of methoxy groups -OCH3 is 2. The number of hydrogen-bond donors (Lipinski definition) is 1. The average molecular weight is 267 g/mol. The molecule has 1 atom stereocenters. The van der Waals surface area contributed by atoms with E-state index in [2.05, 4.69) is 5.32 Å². The van der Waals surface area contributed by atoms with Gasteiger partial charge < -0.3 is 14.8 Å². The smallest absolute Gasteiger partial charge is 0.163 e. The van der Waals surface area contributed by atoms with E-state index in [1.807, 2.05) is 6.07 Å². The van der Waals surface area contributed by atoms with Crippen LogP contribution >= 0.6 is 0 Å². The molecule has 0 bridgehead atoms. The number of rotatable bonds is 5. The van der Waals surface area contributed by atoms with Gasteiger partial charge in [-0.1, -0.05) is 0 Å². The minimum absolute atomic E-state index is 0.476. The molecule has 1 heterocycles. The molecule has 3 nitrogen and oxygen atoms in total. The van der Waals surface area contributed by atoms with Gasteiger partial charge in [0.15, 0.2) is 11.5 Å². The summed E-state index contributed by atoms with van der Waals surface area (Å²) in [5, 5.41) is 3.40. The van der Waals surface area contributed by atoms with Gasteiger partial charge in [-0.2, -0.15) is 0 Å². The van der Waals surface area contributed by atoms with E-state index in [0.717, 1.165) is 30.8 Å². The number of nitrogens with one attached hydrogen (secondary N) is 1. The maximum atomic E-state index is 12.9. The Balaban J connectivity index is 2.25. The third-order valence-electron chi connectivity index (χ3n) is 3.68. The normalized spacial score (nSPS) is 19.2. The minimum atomic E-state index is -0.476. The lowest BCUT2D eigenvalue weighted by atomic mass is 9.91. The van der Waals surface area contributed by atoms with E-state index in [1.54, 1.807) is 20.3 Å². The first-order valence-corrected chi connectivity index (χ1v) is 6.79. The first-order chi connectivity index (χ1) is 9.28. The number of halogens is 1. The highest BCUT2D eigenvalue weighted by Crippen LogP contribution is 2.35. The van der Waals surface area contributed by atoms with Crippen molar-refractivity contribution in [2.45, 2.75) is 25.9 Å². The third-order valence-corrected chi connectivity index (χ3v) is 3.68. The van der Waals surface area contributed by atoms with Crippen LogP contribution in [0, 0.1) is 5.92 Å². The Labute approximate surface area is 114 Å². The van der Waals surface area contributed by atoms with Gasteiger partial charge in [-0.15, -0.1) is 0 Å². The van der Waals surface area contributed by atoms with Gasteiger partial charge in [-0.05, 0) is 61.5 Å². The fourth-order valence-electron chi connectivity index (χ4n) is 2.74. The summed E-state index contributed by atoms with van der Waals surface area (Å²) in [6.45, 7) is 1.64. The van der Waals surface area contributed by atoms with E-state index in [0.29, 0.717) is 17.2 Å². The monoisotopic (exact) mass is 267 g/mol. The predicted molar refractivity (Wildman–Crippen MR) is 73.7 cm³/mol. The molecular formula is C15H22FNO2. The molecule has 1 aromatic rings. The molecule has 4 heteroatoms. The zero-order valence-corrected chi connectivity index (χ0v) is 11.7. The number of ether oxygens (including phenoxy) is 2. The Morgan fingerprint density at radius 3 is 2.74 bits per heavy atom. The van der Waals surface area contributed by atoms with Crippen molar-refractivity contribution in [1.29, 1.82) is 0 Å². The van der Waals surface area contributed by atoms with Crippen LogP contribution in [0.25, 0.3) is 0 Å². The summed E-state index contributed by atoms with van der Waals surface area (Å²) < 4.78 is 23.7. The quantitative estimate of drug-likeness (QED) is 0.889. The maximum absolute atomic E-state index is 12.9. The Bertz CT molecular complexity index is 417. The van der Waals surface area contributed by atoms with Crippen molar-refractivity contribution in [3.05, 3.63) is 23.3 Å². The predicted octanol–water partition coefficient (Wildman–Crippen LogP) is 2.72. The summed E-state index contributed by atoms with van der Waals surface area (Å²) in [7, 11) is 3.22. The minimum Gasteiger partial charge on any atom is -0.493 e. The second-order valence-electron chi connectivity index (χ2n) is 5.04. The van der Waals surface area contributed by atoms with E-state index in [4.69, 9.17) is 9.47 Å². The molecule has 0 aliphatic carbocycles. The van der Waals surface area contributed by atoms with Crippen molar-refractivity contribution >= 4 is 0 Å². The van der Waals surface area contributed by atoms with E-state index in [1.165, 1.54) is 12.8 Å². The molecule has 1 aliphatic rings. The van der Waals surface area contributed by atoms with E-state index in [-0.39, 0.29) is 0 Å². The number of piperidine rings is 1. The van der Waals surface area contributed by atoms with Gasteiger partial charge in [-0.25, -0.2) is 4.39 Å². The molecule has 2 rings (SSSR count). The standard InChI is InChI=1S/C15H22FNO2/c1-18-14-8-12(9-16)7-13(15(14)19-2)6-11-4-3-5-17-10-11/h7-8,11,17H,3-6,9-10H2,1-2H3. The molecule has 1 aromatic carbocycles. The lowest BCUT2D eigenvalue weighted by molar-refractivity contribution is 0.339. The molecule has 0 aromatic heterocycles. The highest BCUT2D eigenvalue weighted by atomic mass is 19.1. The summed E-state index contributed by atoms with van der Waals surface area (Å²) in [5.74, 6) is 1.95. The van der Waals surface area contributed by atoms with Crippen LogP contribution in [0.4, 0.5) is 4.39 Å². The second kappa shape index (κ2) is 6.75. The summed E-state index contributed by atoms with van der Waals surface area (Å²) >= 11 is 0. The molecule has 0 spiro atoms. The summed E-state index contributed by atoms with van der Waals surface area (Å²) in [6, 6.07) is 3.61. The number of hydrogen-bond acceptors (Lipinski definition) is 3. The second-order valence-corrected chi connectivity index (χ2v) is 5.04. The fraction of sp³-hybridized carbons (Fsp3) is 0.600. The van der Waals surface area contributed by atoms with Crippen LogP contribution in [0.15, 0.2) is 12.1 Å². The largest absolute Gasteiger partial charge is 0.493 e. The fourth-order valence-corrected chi connectivity index (χ4v) is 2.74. The molecule has 1 N–H and O–H groups in total. The lowest BCUT2D eigenvalue weighted by Gasteiger charge is -2.24. The van der Waals surface area contributed by atoms with Crippen molar-refractivity contribution in [2.24, 2.45) is 5.92 Å². The van der Waals surface area contributed by atoms with Crippen LogP contribution in [0.2, 0.25) is 0 Å². The van der Waals surface area contributed by atoms with Crippen molar-refractivity contribution in [3.8, 4) is 11.5 Å². The Hall–Kier alpha value is -1.29. The van der Waals surface area contributed by atoms with Crippen LogP contribution in [0.1, 0.15) is 24.0 Å². The van der Waals surface area contributed by atoms with Crippen molar-refractivity contribution in [2.75, 3.05) is 27.3 Å². The zero-order valence-electron chi connectivity index (χ0n) is 11.7. The molecule has 1 fully saturated rings. The van der Waals surface area contributed by atoms with E-state index in [9.17, 15) is 4.39 Å². The van der Waals surface area contributed by atoms with Gasteiger partial charge in [0, 0.05) is 0 Å². The molecule has 19 heavy (non-hydrogen) atoms. The number of alkyl halides is 1. The zero-order chi connectivity index (χ0) is 13.7. The summed E-state index contributed by atoms with van der Waals surface area (Å²) in [5.41, 5.74) is 1.69.